The summed E-state index contributed by atoms with van der Waals surface area (Å²) in [7, 11) is -3.59. The minimum atomic E-state index is -3.59. The van der Waals surface area contributed by atoms with Gasteiger partial charge in [-0.15, -0.1) is 0 Å². The van der Waals surface area contributed by atoms with Crippen LogP contribution in [0.25, 0.3) is 0 Å². The average Bonchev–Trinajstić information content (AvgIpc) is 3.08. The smallest absolute Gasteiger partial charge is 0.273 e. The van der Waals surface area contributed by atoms with E-state index in [1.807, 2.05) is 0 Å². The summed E-state index contributed by atoms with van der Waals surface area (Å²) in [6.07, 6.45) is 3.10. The van der Waals surface area contributed by atoms with E-state index in [2.05, 4.69) is 10.0 Å². The van der Waals surface area contributed by atoms with Crippen LogP contribution in [0.3, 0.4) is 0 Å². The number of furan rings is 1. The molecule has 0 saturated heterocycles. The van der Waals surface area contributed by atoms with Crippen molar-refractivity contribution in [2.75, 3.05) is 6.54 Å². The molecule has 1 heterocycles. The van der Waals surface area contributed by atoms with E-state index in [0.29, 0.717) is 37.7 Å². The average molecular weight is 302 g/mol. The molecule has 20 heavy (non-hydrogen) atoms. The van der Waals surface area contributed by atoms with Crippen molar-refractivity contribution in [2.24, 2.45) is 0 Å². The SMILES string of the molecule is CC(O)CCCNS(=O)(=O)c1ccc(CNC2CC2)o1. The van der Waals surface area contributed by atoms with E-state index in [4.69, 9.17) is 9.52 Å². The Labute approximate surface area is 119 Å². The lowest BCUT2D eigenvalue weighted by Crippen LogP contribution is -2.25. The number of hydrogen-bond donors (Lipinski definition) is 3. The van der Waals surface area contributed by atoms with Crippen LogP contribution in [-0.2, 0) is 16.6 Å². The van der Waals surface area contributed by atoms with Crippen LogP contribution in [-0.4, -0.2) is 32.2 Å². The quantitative estimate of drug-likeness (QED) is 0.591. The van der Waals surface area contributed by atoms with Gasteiger partial charge in [0.1, 0.15) is 5.76 Å². The Morgan fingerprint density at radius 2 is 2.20 bits per heavy atom. The maximum Gasteiger partial charge on any atom is 0.273 e. The number of sulfonamides is 1. The number of hydrogen-bond acceptors (Lipinski definition) is 5. The summed E-state index contributed by atoms with van der Waals surface area (Å²) in [4.78, 5) is 0. The second-order valence-electron chi connectivity index (χ2n) is 5.26. The lowest BCUT2D eigenvalue weighted by Gasteiger charge is -2.05. The van der Waals surface area contributed by atoms with E-state index < -0.39 is 16.1 Å². The highest BCUT2D eigenvalue weighted by Gasteiger charge is 2.22. The van der Waals surface area contributed by atoms with Crippen LogP contribution in [0.15, 0.2) is 21.6 Å². The van der Waals surface area contributed by atoms with Gasteiger partial charge in [0.15, 0.2) is 0 Å². The molecule has 6 nitrogen and oxygen atoms in total. The third kappa shape index (κ3) is 4.90. The second kappa shape index (κ2) is 6.71. The van der Waals surface area contributed by atoms with Gasteiger partial charge in [0, 0.05) is 12.6 Å². The molecule has 1 aromatic rings. The third-order valence-corrected chi connectivity index (χ3v) is 4.47. The fraction of sp³-hybridized carbons (Fsp3) is 0.692. The van der Waals surface area contributed by atoms with Crippen molar-refractivity contribution in [3.05, 3.63) is 17.9 Å². The maximum absolute atomic E-state index is 12.0. The molecule has 1 atom stereocenters. The van der Waals surface area contributed by atoms with Gasteiger partial charge in [0.2, 0.25) is 5.09 Å². The topological polar surface area (TPSA) is 91.6 Å². The van der Waals surface area contributed by atoms with Crippen LogP contribution in [0.5, 0.6) is 0 Å². The van der Waals surface area contributed by atoms with Crippen molar-refractivity contribution in [1.29, 1.82) is 0 Å². The van der Waals surface area contributed by atoms with Crippen LogP contribution in [0.1, 0.15) is 38.4 Å². The Balaban J connectivity index is 1.81. The first-order chi connectivity index (χ1) is 9.47. The summed E-state index contributed by atoms with van der Waals surface area (Å²) in [6, 6.07) is 3.71. The number of aliphatic hydroxyl groups is 1. The zero-order valence-electron chi connectivity index (χ0n) is 11.6. The van der Waals surface area contributed by atoms with Crippen molar-refractivity contribution >= 4 is 10.0 Å². The molecular formula is C13H22N2O4S. The van der Waals surface area contributed by atoms with Crippen LogP contribution in [0.4, 0.5) is 0 Å². The zero-order chi connectivity index (χ0) is 14.6. The minimum Gasteiger partial charge on any atom is -0.447 e. The highest BCUT2D eigenvalue weighted by Crippen LogP contribution is 2.20. The molecule has 0 aliphatic heterocycles. The van der Waals surface area contributed by atoms with Crippen molar-refractivity contribution in [3.63, 3.8) is 0 Å². The van der Waals surface area contributed by atoms with E-state index in [0.717, 1.165) is 0 Å². The third-order valence-electron chi connectivity index (χ3n) is 3.13. The largest absolute Gasteiger partial charge is 0.447 e. The normalized spacial score (nSPS) is 17.3. The molecule has 1 saturated carbocycles. The first kappa shape index (κ1) is 15.5. The van der Waals surface area contributed by atoms with E-state index in [9.17, 15) is 8.42 Å². The van der Waals surface area contributed by atoms with Gasteiger partial charge in [-0.2, -0.15) is 0 Å². The Hall–Kier alpha value is -0.890. The first-order valence-corrected chi connectivity index (χ1v) is 8.45. The van der Waals surface area contributed by atoms with Gasteiger partial charge >= 0.3 is 0 Å². The van der Waals surface area contributed by atoms with Gasteiger partial charge in [0.25, 0.3) is 10.0 Å². The summed E-state index contributed by atoms with van der Waals surface area (Å²) in [5, 5.41) is 12.3. The van der Waals surface area contributed by atoms with Gasteiger partial charge in [0.05, 0.1) is 12.6 Å². The van der Waals surface area contributed by atoms with Crippen molar-refractivity contribution in [1.82, 2.24) is 10.0 Å². The van der Waals surface area contributed by atoms with Gasteiger partial charge in [-0.1, -0.05) is 0 Å². The van der Waals surface area contributed by atoms with Crippen LogP contribution < -0.4 is 10.0 Å². The summed E-state index contributed by atoms with van der Waals surface area (Å²) in [5.74, 6) is 0.626. The zero-order valence-corrected chi connectivity index (χ0v) is 12.4. The molecule has 0 radical (unpaired) electrons. The Morgan fingerprint density at radius 3 is 2.85 bits per heavy atom. The molecule has 0 bridgehead atoms. The molecule has 3 N–H and O–H groups in total. The molecular weight excluding hydrogens is 280 g/mol. The van der Waals surface area contributed by atoms with Crippen LogP contribution >= 0.6 is 0 Å². The van der Waals surface area contributed by atoms with Crippen LogP contribution in [0, 0.1) is 0 Å². The second-order valence-corrected chi connectivity index (χ2v) is 6.96. The van der Waals surface area contributed by atoms with Crippen molar-refractivity contribution < 1.29 is 17.9 Å². The summed E-state index contributed by atoms with van der Waals surface area (Å²) >= 11 is 0. The Kier molecular flexibility index (Phi) is 5.20. The highest BCUT2D eigenvalue weighted by atomic mass is 32.2. The molecule has 2 rings (SSSR count). The predicted octanol–water partition coefficient (Wildman–Crippen LogP) is 0.971. The monoisotopic (exact) mass is 302 g/mol. The summed E-state index contributed by atoms with van der Waals surface area (Å²) in [5.41, 5.74) is 0. The van der Waals surface area contributed by atoms with Gasteiger partial charge in [-0.05, 0) is 44.7 Å². The number of aliphatic hydroxyl groups excluding tert-OH is 1. The summed E-state index contributed by atoms with van der Waals surface area (Å²) < 4.78 is 31.7. The van der Waals surface area contributed by atoms with Crippen molar-refractivity contribution in [3.8, 4) is 0 Å². The molecule has 1 fully saturated rings. The van der Waals surface area contributed by atoms with Gasteiger partial charge in [-0.25, -0.2) is 13.1 Å². The highest BCUT2D eigenvalue weighted by molar-refractivity contribution is 7.89. The first-order valence-electron chi connectivity index (χ1n) is 6.97. The van der Waals surface area contributed by atoms with Crippen LogP contribution in [0.2, 0.25) is 0 Å². The maximum atomic E-state index is 12.0. The molecule has 7 heteroatoms. The molecule has 0 aromatic carbocycles. The fourth-order valence-electron chi connectivity index (χ4n) is 1.81. The molecule has 0 spiro atoms. The molecule has 0 amide bonds. The molecule has 1 aliphatic rings. The molecule has 1 aliphatic carbocycles. The van der Waals surface area contributed by atoms with Crippen molar-refractivity contribution in [2.45, 2.75) is 56.4 Å². The molecule has 114 valence electrons. The van der Waals surface area contributed by atoms with Gasteiger partial charge < -0.3 is 14.8 Å². The molecule has 1 aromatic heterocycles. The number of nitrogens with one attached hydrogen (secondary N) is 2. The standard InChI is InChI=1S/C13H22N2O4S/c1-10(16)3-2-8-15-20(17,18)13-7-6-12(19-13)9-14-11-4-5-11/h6-7,10-11,14-16H,2-5,8-9H2,1H3. The predicted molar refractivity (Wildman–Crippen MR) is 74.7 cm³/mol. The van der Waals surface area contributed by atoms with Gasteiger partial charge in [-0.3, -0.25) is 0 Å². The summed E-state index contributed by atoms with van der Waals surface area (Å²) in [6.45, 7) is 2.53. The minimum absolute atomic E-state index is 0.0536. The van der Waals surface area contributed by atoms with E-state index in [1.54, 1.807) is 13.0 Å². The lowest BCUT2D eigenvalue weighted by atomic mass is 10.2. The van der Waals surface area contributed by atoms with E-state index >= 15 is 0 Å². The fourth-order valence-corrected chi connectivity index (χ4v) is 2.82. The Bertz CT molecular complexity index is 520. The lowest BCUT2D eigenvalue weighted by molar-refractivity contribution is 0.182. The molecule has 1 unspecified atom stereocenters. The van der Waals surface area contributed by atoms with E-state index in [-0.39, 0.29) is 5.09 Å². The Morgan fingerprint density at radius 1 is 1.45 bits per heavy atom. The number of rotatable bonds is 9. The van der Waals surface area contributed by atoms with E-state index in [1.165, 1.54) is 18.9 Å².